The SMILES string of the molecule is CC(C)CC(N)c1ccc(F)c(C(F)(F)F)c1. The van der Waals surface area contributed by atoms with Gasteiger partial charge in [0.15, 0.2) is 0 Å². The van der Waals surface area contributed by atoms with Crippen molar-refractivity contribution in [1.82, 2.24) is 0 Å². The lowest BCUT2D eigenvalue weighted by atomic mass is 9.96. The first-order valence-corrected chi connectivity index (χ1v) is 5.34. The molecule has 17 heavy (non-hydrogen) atoms. The van der Waals surface area contributed by atoms with Gasteiger partial charge in [-0.05, 0) is 30.0 Å². The highest BCUT2D eigenvalue weighted by Gasteiger charge is 2.34. The lowest BCUT2D eigenvalue weighted by molar-refractivity contribution is -0.140. The Hall–Kier alpha value is -1.10. The minimum absolute atomic E-state index is 0.268. The third-order valence-electron chi connectivity index (χ3n) is 2.45. The second-order valence-electron chi connectivity index (χ2n) is 4.47. The zero-order valence-corrected chi connectivity index (χ0v) is 9.68. The second kappa shape index (κ2) is 5.04. The van der Waals surface area contributed by atoms with Gasteiger partial charge in [0, 0.05) is 6.04 Å². The third-order valence-corrected chi connectivity index (χ3v) is 2.45. The number of nitrogens with two attached hydrogens (primary N) is 1. The zero-order chi connectivity index (χ0) is 13.2. The van der Waals surface area contributed by atoms with Crippen LogP contribution < -0.4 is 5.73 Å². The van der Waals surface area contributed by atoms with Crippen LogP contribution in [0.2, 0.25) is 0 Å². The van der Waals surface area contributed by atoms with E-state index in [1.54, 1.807) is 0 Å². The van der Waals surface area contributed by atoms with E-state index in [9.17, 15) is 17.6 Å². The van der Waals surface area contributed by atoms with Crippen molar-refractivity contribution in [3.63, 3.8) is 0 Å². The molecule has 96 valence electrons. The summed E-state index contributed by atoms with van der Waals surface area (Å²) in [5.41, 5.74) is 4.83. The molecule has 1 atom stereocenters. The van der Waals surface area contributed by atoms with E-state index in [1.165, 1.54) is 6.07 Å². The van der Waals surface area contributed by atoms with Crippen LogP contribution in [0.3, 0.4) is 0 Å². The van der Waals surface area contributed by atoms with Crippen molar-refractivity contribution in [3.05, 3.63) is 35.1 Å². The average Bonchev–Trinajstić information content (AvgIpc) is 2.15. The van der Waals surface area contributed by atoms with Gasteiger partial charge < -0.3 is 5.73 Å². The fraction of sp³-hybridized carbons (Fsp3) is 0.500. The lowest BCUT2D eigenvalue weighted by Gasteiger charge is -2.16. The van der Waals surface area contributed by atoms with Crippen molar-refractivity contribution in [2.45, 2.75) is 32.5 Å². The molecule has 0 fully saturated rings. The van der Waals surface area contributed by atoms with Gasteiger partial charge in [0.2, 0.25) is 0 Å². The van der Waals surface area contributed by atoms with Gasteiger partial charge in [-0.15, -0.1) is 0 Å². The molecule has 0 bridgehead atoms. The van der Waals surface area contributed by atoms with E-state index in [-0.39, 0.29) is 5.92 Å². The summed E-state index contributed by atoms with van der Waals surface area (Å²) in [5, 5.41) is 0. The van der Waals surface area contributed by atoms with E-state index in [2.05, 4.69) is 0 Å². The summed E-state index contributed by atoms with van der Waals surface area (Å²) in [5.74, 6) is -0.998. The van der Waals surface area contributed by atoms with Crippen molar-refractivity contribution in [2.75, 3.05) is 0 Å². The van der Waals surface area contributed by atoms with E-state index in [0.29, 0.717) is 12.0 Å². The van der Waals surface area contributed by atoms with Crippen LogP contribution in [0, 0.1) is 11.7 Å². The number of halogens is 4. The van der Waals surface area contributed by atoms with Gasteiger partial charge in [-0.1, -0.05) is 19.9 Å². The standard InChI is InChI=1S/C12H15F4N/c1-7(2)5-11(17)8-3-4-10(13)9(6-8)12(14,15)16/h3-4,6-7,11H,5,17H2,1-2H3. The molecule has 0 heterocycles. The quantitative estimate of drug-likeness (QED) is 0.808. The van der Waals surface area contributed by atoms with Crippen molar-refractivity contribution in [3.8, 4) is 0 Å². The minimum Gasteiger partial charge on any atom is -0.324 e. The Morgan fingerprint density at radius 2 is 1.82 bits per heavy atom. The van der Waals surface area contributed by atoms with Gasteiger partial charge in [-0.3, -0.25) is 0 Å². The highest BCUT2D eigenvalue weighted by atomic mass is 19.4. The Morgan fingerprint density at radius 3 is 2.29 bits per heavy atom. The predicted octanol–water partition coefficient (Wildman–Crippen LogP) is 3.89. The van der Waals surface area contributed by atoms with Crippen LogP contribution in [0.1, 0.15) is 37.4 Å². The van der Waals surface area contributed by atoms with E-state index < -0.39 is 23.6 Å². The Morgan fingerprint density at radius 1 is 1.24 bits per heavy atom. The largest absolute Gasteiger partial charge is 0.419 e. The maximum atomic E-state index is 13.0. The summed E-state index contributed by atoms with van der Waals surface area (Å²) < 4.78 is 50.5. The van der Waals surface area contributed by atoms with Crippen LogP contribution >= 0.6 is 0 Å². The van der Waals surface area contributed by atoms with Gasteiger partial charge in [0.25, 0.3) is 0 Å². The molecule has 1 nitrogen and oxygen atoms in total. The summed E-state index contributed by atoms with van der Waals surface area (Å²) >= 11 is 0. The van der Waals surface area contributed by atoms with Gasteiger partial charge in [-0.2, -0.15) is 13.2 Å². The Balaban J connectivity index is 3.04. The summed E-state index contributed by atoms with van der Waals surface area (Å²) in [6.07, 6.45) is -4.12. The number of benzene rings is 1. The Labute approximate surface area is 97.6 Å². The molecule has 1 aromatic rings. The van der Waals surface area contributed by atoms with Gasteiger partial charge in [-0.25, -0.2) is 4.39 Å². The van der Waals surface area contributed by atoms with Gasteiger partial charge in [0.1, 0.15) is 5.82 Å². The molecule has 0 aliphatic rings. The monoisotopic (exact) mass is 249 g/mol. The first-order chi connectivity index (χ1) is 7.71. The fourth-order valence-electron chi connectivity index (χ4n) is 1.63. The smallest absolute Gasteiger partial charge is 0.324 e. The van der Waals surface area contributed by atoms with E-state index >= 15 is 0 Å². The van der Waals surface area contributed by atoms with Crippen molar-refractivity contribution in [1.29, 1.82) is 0 Å². The number of hydrogen-bond acceptors (Lipinski definition) is 1. The highest BCUT2D eigenvalue weighted by Crippen LogP contribution is 2.33. The van der Waals surface area contributed by atoms with Gasteiger partial charge >= 0.3 is 6.18 Å². The molecule has 0 amide bonds. The van der Waals surface area contributed by atoms with Crippen molar-refractivity contribution in [2.24, 2.45) is 11.7 Å². The van der Waals surface area contributed by atoms with E-state index in [0.717, 1.165) is 12.1 Å². The number of rotatable bonds is 3. The van der Waals surface area contributed by atoms with Crippen LogP contribution in [0.25, 0.3) is 0 Å². The zero-order valence-electron chi connectivity index (χ0n) is 9.68. The highest BCUT2D eigenvalue weighted by molar-refractivity contribution is 5.29. The normalized spacial score (nSPS) is 14.1. The van der Waals surface area contributed by atoms with Crippen LogP contribution in [-0.4, -0.2) is 0 Å². The van der Waals surface area contributed by atoms with Crippen LogP contribution in [0.4, 0.5) is 17.6 Å². The van der Waals surface area contributed by atoms with Crippen LogP contribution in [-0.2, 0) is 6.18 Å². The van der Waals surface area contributed by atoms with Crippen LogP contribution in [0.5, 0.6) is 0 Å². The second-order valence-corrected chi connectivity index (χ2v) is 4.47. The third kappa shape index (κ3) is 3.70. The molecule has 0 saturated heterocycles. The molecule has 1 rings (SSSR count). The maximum absolute atomic E-state index is 13.0. The lowest BCUT2D eigenvalue weighted by Crippen LogP contribution is -2.15. The van der Waals surface area contributed by atoms with Crippen molar-refractivity contribution >= 4 is 0 Å². The fourth-order valence-corrected chi connectivity index (χ4v) is 1.63. The van der Waals surface area contributed by atoms with E-state index in [4.69, 9.17) is 5.73 Å². The molecular formula is C12H15F4N. The van der Waals surface area contributed by atoms with E-state index in [1.807, 2.05) is 13.8 Å². The molecule has 0 spiro atoms. The first kappa shape index (κ1) is 14.0. The maximum Gasteiger partial charge on any atom is 0.419 e. The molecule has 0 aliphatic carbocycles. The predicted molar refractivity (Wildman–Crippen MR) is 57.8 cm³/mol. The number of alkyl halides is 3. The summed E-state index contributed by atoms with van der Waals surface area (Å²) in [6, 6.07) is 2.41. The Bertz CT molecular complexity index is 385. The molecule has 0 radical (unpaired) electrons. The summed E-state index contributed by atoms with van der Waals surface area (Å²) in [6.45, 7) is 3.85. The average molecular weight is 249 g/mol. The topological polar surface area (TPSA) is 26.0 Å². The Kier molecular flexibility index (Phi) is 4.14. The molecule has 0 aromatic heterocycles. The molecule has 5 heteroatoms. The molecule has 0 aliphatic heterocycles. The summed E-state index contributed by atoms with van der Waals surface area (Å²) in [7, 11) is 0. The molecular weight excluding hydrogens is 234 g/mol. The molecule has 0 saturated carbocycles. The van der Waals surface area contributed by atoms with Crippen LogP contribution in [0.15, 0.2) is 18.2 Å². The summed E-state index contributed by atoms with van der Waals surface area (Å²) in [4.78, 5) is 0. The number of hydrogen-bond donors (Lipinski definition) is 1. The first-order valence-electron chi connectivity index (χ1n) is 5.34. The van der Waals surface area contributed by atoms with Gasteiger partial charge in [0.05, 0.1) is 5.56 Å². The van der Waals surface area contributed by atoms with Crippen molar-refractivity contribution < 1.29 is 17.6 Å². The molecule has 1 unspecified atom stereocenters. The molecule has 2 N–H and O–H groups in total. The molecule has 1 aromatic carbocycles. The minimum atomic E-state index is -4.68.